The fraction of sp³-hybridized carbons (Fsp3) is 0.286. The molecule has 9 heteroatoms. The van der Waals surface area contributed by atoms with Crippen molar-refractivity contribution in [3.63, 3.8) is 0 Å². The molecule has 0 saturated heterocycles. The van der Waals surface area contributed by atoms with Crippen molar-refractivity contribution in [1.29, 1.82) is 0 Å². The molecule has 0 fully saturated rings. The predicted octanol–water partition coefficient (Wildman–Crippen LogP) is 3.51. The minimum atomic E-state index is -1.88. The van der Waals surface area contributed by atoms with Crippen LogP contribution in [0.25, 0.3) is 0 Å². The quantitative estimate of drug-likeness (QED) is 0.536. The molecule has 1 aromatic heterocycles. The fourth-order valence-electron chi connectivity index (χ4n) is 0.694. The average Bonchev–Trinajstić information content (AvgIpc) is 2.14. The molecule has 0 amide bonds. The molecule has 0 aliphatic rings. The van der Waals surface area contributed by atoms with E-state index in [1.165, 1.54) is 0 Å². The van der Waals surface area contributed by atoms with Gasteiger partial charge < -0.3 is 0 Å². The molecule has 0 N–H and O–H groups in total. The summed E-state index contributed by atoms with van der Waals surface area (Å²) in [6.07, 6.45) is 5.11. The Labute approximate surface area is 121 Å². The third-order valence-corrected chi connectivity index (χ3v) is 2.29. The Kier molecular flexibility index (Phi) is 4.40. The van der Waals surface area contributed by atoms with Gasteiger partial charge in [-0.2, -0.15) is 0 Å². The maximum Gasteiger partial charge on any atom is 0.250 e. The molecule has 0 aromatic carbocycles. The molecule has 0 saturated carbocycles. The van der Waals surface area contributed by atoms with Crippen molar-refractivity contribution < 1.29 is 0 Å². The van der Waals surface area contributed by atoms with Crippen LogP contribution < -0.4 is 0 Å². The molecule has 0 spiro atoms. The Morgan fingerprint density at radius 3 is 1.44 bits per heavy atom. The summed E-state index contributed by atoms with van der Waals surface area (Å²) in [4.78, 5) is 11.1. The highest BCUT2D eigenvalue weighted by Crippen LogP contribution is 2.39. The van der Waals surface area contributed by atoms with Crippen LogP contribution >= 0.6 is 69.6 Å². The first-order valence-corrected chi connectivity index (χ1v) is 5.78. The van der Waals surface area contributed by atoms with Crippen LogP contribution in [0.3, 0.4) is 0 Å². The lowest BCUT2D eigenvalue weighted by Crippen LogP contribution is -2.17. The van der Waals surface area contributed by atoms with E-state index in [2.05, 4.69) is 20.9 Å². The molecule has 0 radical (unpaired) electrons. The normalized spacial score (nSPS) is 12.3. The lowest BCUT2D eigenvalue weighted by molar-refractivity contribution is 0.833. The van der Waals surface area contributed by atoms with E-state index in [0.717, 1.165) is 0 Å². The fourth-order valence-corrected chi connectivity index (χ4v) is 1.20. The molecular weight excluding hydrogens is 339 g/mol. The van der Waals surface area contributed by atoms with E-state index in [-0.39, 0.29) is 17.5 Å². The first-order chi connectivity index (χ1) is 7.14. The Hall–Kier alpha value is 0.310. The Bertz CT molecular complexity index is 409. The lowest BCUT2D eigenvalue weighted by Gasteiger charge is -2.13. The minimum absolute atomic E-state index is 0.0855. The minimum Gasteiger partial charge on any atom is -0.209 e. The van der Waals surface area contributed by atoms with Gasteiger partial charge in [0.2, 0.25) is 13.4 Å². The Morgan fingerprint density at radius 1 is 0.812 bits per heavy atom. The van der Waals surface area contributed by atoms with Gasteiger partial charge in [0.15, 0.2) is 11.6 Å². The van der Waals surface area contributed by atoms with Crippen molar-refractivity contribution in [2.24, 2.45) is 0 Å². The molecule has 1 rings (SSSR count). The van der Waals surface area contributed by atoms with E-state index in [4.69, 9.17) is 76.0 Å². The molecule has 86 valence electrons. The van der Waals surface area contributed by atoms with Crippen LogP contribution in [0.4, 0.5) is 0 Å². The van der Waals surface area contributed by atoms with E-state index >= 15 is 0 Å². The maximum atomic E-state index is 5.59. The van der Waals surface area contributed by atoms with E-state index < -0.39 is 7.59 Å². The van der Waals surface area contributed by atoms with Crippen molar-refractivity contribution in [1.82, 2.24) is 15.0 Å². The molecule has 0 unspecified atom stereocenters. The van der Waals surface area contributed by atoms with E-state index in [1.807, 2.05) is 0 Å². The van der Waals surface area contributed by atoms with Crippen LogP contribution in [-0.2, 0) is 7.59 Å². The number of hydrogen-bond acceptors (Lipinski definition) is 3. The van der Waals surface area contributed by atoms with Crippen molar-refractivity contribution in [2.75, 3.05) is 0 Å². The molecule has 3 nitrogen and oxygen atoms in total. The van der Waals surface area contributed by atoms with Gasteiger partial charge >= 0.3 is 0 Å². The smallest absolute Gasteiger partial charge is 0.209 e. The number of alkyl halides is 6. The highest BCUT2D eigenvalue weighted by atomic mass is 35.6. The van der Waals surface area contributed by atoms with Gasteiger partial charge in [-0.05, 0) is 5.92 Å². The van der Waals surface area contributed by atoms with Crippen molar-refractivity contribution in [3.05, 3.63) is 17.5 Å². The number of nitrogens with zero attached hydrogens (tertiary/aromatic N) is 3. The maximum absolute atomic E-state index is 5.59. The molecule has 16 heavy (non-hydrogen) atoms. The summed E-state index contributed by atoms with van der Waals surface area (Å²) in [6.45, 7) is 0. The molecule has 0 aliphatic carbocycles. The summed E-state index contributed by atoms with van der Waals surface area (Å²) in [5.41, 5.74) is 0. The zero-order valence-corrected chi connectivity index (χ0v) is 11.7. The summed E-state index contributed by atoms with van der Waals surface area (Å²) >= 11 is 33.5. The topological polar surface area (TPSA) is 38.7 Å². The standard InChI is InChI=1S/C7HCl6N3/c1-2-3-14-4(6(8,9)10)16-5(15-3)7(11,12)13/h1H. The molecule has 0 atom stereocenters. The van der Waals surface area contributed by atoms with Gasteiger partial charge in [-0.3, -0.25) is 0 Å². The number of hydrogen-bond donors (Lipinski definition) is 0. The molecule has 1 heterocycles. The zero-order valence-electron chi connectivity index (χ0n) is 7.19. The second-order valence-electron chi connectivity index (χ2n) is 2.45. The van der Waals surface area contributed by atoms with E-state index in [9.17, 15) is 0 Å². The van der Waals surface area contributed by atoms with Gasteiger partial charge in [-0.15, -0.1) is 6.42 Å². The zero-order chi connectivity index (χ0) is 12.6. The number of rotatable bonds is 0. The summed E-state index contributed by atoms with van der Waals surface area (Å²) in [5.74, 6) is 1.64. The predicted molar refractivity (Wildman–Crippen MR) is 66.2 cm³/mol. The second-order valence-corrected chi connectivity index (χ2v) is 7.01. The third kappa shape index (κ3) is 3.66. The highest BCUT2D eigenvalue weighted by molar-refractivity contribution is 6.67. The first-order valence-electron chi connectivity index (χ1n) is 3.51. The van der Waals surface area contributed by atoms with Crippen LogP contribution in [0.15, 0.2) is 0 Å². The highest BCUT2D eigenvalue weighted by Gasteiger charge is 2.33. The largest absolute Gasteiger partial charge is 0.250 e. The molecule has 0 bridgehead atoms. The third-order valence-electron chi connectivity index (χ3n) is 1.27. The van der Waals surface area contributed by atoms with Crippen LogP contribution in [0, 0.1) is 12.3 Å². The van der Waals surface area contributed by atoms with Gasteiger partial charge in [0.05, 0.1) is 0 Å². The van der Waals surface area contributed by atoms with Crippen molar-refractivity contribution in [3.8, 4) is 12.3 Å². The lowest BCUT2D eigenvalue weighted by atomic mass is 10.5. The number of terminal acetylenes is 1. The van der Waals surface area contributed by atoms with Gasteiger partial charge in [-0.25, -0.2) is 15.0 Å². The van der Waals surface area contributed by atoms with Crippen LogP contribution in [0.2, 0.25) is 0 Å². The Morgan fingerprint density at radius 2 is 1.19 bits per heavy atom. The molecular formula is C7HCl6N3. The van der Waals surface area contributed by atoms with Gasteiger partial charge in [-0.1, -0.05) is 69.6 Å². The van der Waals surface area contributed by atoms with Crippen LogP contribution in [-0.4, -0.2) is 15.0 Å². The molecule has 0 aliphatic heterocycles. The summed E-state index contributed by atoms with van der Waals surface area (Å²) in [7, 11) is 0. The van der Waals surface area contributed by atoms with Gasteiger partial charge in [0.25, 0.3) is 0 Å². The first kappa shape index (κ1) is 14.4. The van der Waals surface area contributed by atoms with Crippen molar-refractivity contribution >= 4 is 69.6 Å². The Balaban J connectivity index is 3.41. The van der Waals surface area contributed by atoms with Crippen LogP contribution in [0.5, 0.6) is 0 Å². The summed E-state index contributed by atoms with van der Waals surface area (Å²) in [6, 6.07) is 0. The monoisotopic (exact) mass is 337 g/mol. The number of halogens is 6. The van der Waals surface area contributed by atoms with E-state index in [1.54, 1.807) is 0 Å². The SMILES string of the molecule is C#Cc1nc(C(Cl)(Cl)Cl)nc(C(Cl)(Cl)Cl)n1. The van der Waals surface area contributed by atoms with Crippen molar-refractivity contribution in [2.45, 2.75) is 7.59 Å². The number of aromatic nitrogens is 3. The average molecular weight is 340 g/mol. The van der Waals surface area contributed by atoms with E-state index in [0.29, 0.717) is 0 Å². The second kappa shape index (κ2) is 4.89. The summed E-state index contributed by atoms with van der Waals surface area (Å²) in [5, 5.41) is 0. The van der Waals surface area contributed by atoms with Crippen LogP contribution in [0.1, 0.15) is 17.5 Å². The van der Waals surface area contributed by atoms with Gasteiger partial charge in [0, 0.05) is 0 Å². The van der Waals surface area contributed by atoms with Gasteiger partial charge in [0.1, 0.15) is 0 Å². The molecule has 1 aromatic rings. The summed E-state index contributed by atoms with van der Waals surface area (Å²) < 4.78 is -3.75.